The van der Waals surface area contributed by atoms with Crippen LogP contribution in [0.1, 0.15) is 18.2 Å². The van der Waals surface area contributed by atoms with E-state index in [1.807, 2.05) is 49.4 Å². The maximum absolute atomic E-state index is 13.0. The molecule has 0 aliphatic rings. The highest BCUT2D eigenvalue weighted by Crippen LogP contribution is 2.28. The summed E-state index contributed by atoms with van der Waals surface area (Å²) >= 11 is 0. The van der Waals surface area contributed by atoms with Gasteiger partial charge in [0.05, 0.1) is 17.8 Å². The summed E-state index contributed by atoms with van der Waals surface area (Å²) in [5.41, 5.74) is 4.65. The minimum atomic E-state index is -0.261. The zero-order chi connectivity index (χ0) is 19.8. The Labute approximate surface area is 165 Å². The van der Waals surface area contributed by atoms with E-state index in [0.717, 1.165) is 28.8 Å². The first-order valence-electron chi connectivity index (χ1n) is 9.34. The number of fused-ring (bicyclic) bond motifs is 3. The van der Waals surface area contributed by atoms with Crippen molar-refractivity contribution >= 4 is 16.8 Å². The first-order valence-corrected chi connectivity index (χ1v) is 9.34. The highest BCUT2D eigenvalue weighted by Gasteiger charge is 2.19. The van der Waals surface area contributed by atoms with Crippen LogP contribution in [0.2, 0.25) is 0 Å². The van der Waals surface area contributed by atoms with Gasteiger partial charge in [-0.15, -0.1) is 10.2 Å². The van der Waals surface area contributed by atoms with E-state index in [9.17, 15) is 4.79 Å². The van der Waals surface area contributed by atoms with E-state index in [0.29, 0.717) is 17.8 Å². The number of nitrogens with zero attached hydrogens (tertiary/aromatic N) is 7. The summed E-state index contributed by atoms with van der Waals surface area (Å²) in [6.45, 7) is 2.40. The molecule has 0 aliphatic heterocycles. The SMILES string of the molecule is CCc1nn2c(nnc3c(=O)n(Cc4cccnc4)cnc32)c1-c1ccccc1. The summed E-state index contributed by atoms with van der Waals surface area (Å²) in [5.74, 6) is 0. The summed E-state index contributed by atoms with van der Waals surface area (Å²) < 4.78 is 3.13. The molecule has 0 amide bonds. The summed E-state index contributed by atoms with van der Waals surface area (Å²) in [6.07, 6.45) is 5.67. The van der Waals surface area contributed by atoms with Gasteiger partial charge in [-0.2, -0.15) is 9.61 Å². The van der Waals surface area contributed by atoms with E-state index in [4.69, 9.17) is 0 Å². The van der Waals surface area contributed by atoms with Crippen molar-refractivity contribution in [3.8, 4) is 11.1 Å². The van der Waals surface area contributed by atoms with Gasteiger partial charge in [0, 0.05) is 12.4 Å². The molecule has 4 heterocycles. The van der Waals surface area contributed by atoms with Crippen LogP contribution in [0.15, 0.2) is 66.0 Å². The van der Waals surface area contributed by atoms with Crippen LogP contribution < -0.4 is 5.56 Å². The number of pyridine rings is 1. The molecule has 4 aromatic heterocycles. The number of hydrogen-bond acceptors (Lipinski definition) is 6. The van der Waals surface area contributed by atoms with Gasteiger partial charge in [0.2, 0.25) is 0 Å². The molecule has 0 spiro atoms. The highest BCUT2D eigenvalue weighted by molar-refractivity contribution is 5.83. The second-order valence-electron chi connectivity index (χ2n) is 6.69. The average Bonchev–Trinajstić information content (AvgIpc) is 3.16. The summed E-state index contributed by atoms with van der Waals surface area (Å²) in [7, 11) is 0. The summed E-state index contributed by atoms with van der Waals surface area (Å²) in [6, 6.07) is 13.7. The average molecular weight is 383 g/mol. The lowest BCUT2D eigenvalue weighted by Gasteiger charge is -2.06. The Morgan fingerprint density at radius 2 is 1.86 bits per heavy atom. The Kier molecular flexibility index (Phi) is 4.09. The third-order valence-corrected chi connectivity index (χ3v) is 4.85. The molecule has 8 nitrogen and oxygen atoms in total. The molecule has 0 radical (unpaired) electrons. The molecule has 0 N–H and O–H groups in total. The fourth-order valence-electron chi connectivity index (χ4n) is 3.45. The third-order valence-electron chi connectivity index (χ3n) is 4.85. The van der Waals surface area contributed by atoms with Gasteiger partial charge in [-0.05, 0) is 23.6 Å². The predicted molar refractivity (Wildman–Crippen MR) is 108 cm³/mol. The van der Waals surface area contributed by atoms with Crippen molar-refractivity contribution < 1.29 is 0 Å². The van der Waals surface area contributed by atoms with Crippen LogP contribution in [0.4, 0.5) is 0 Å². The Morgan fingerprint density at radius 1 is 1.00 bits per heavy atom. The fourth-order valence-corrected chi connectivity index (χ4v) is 3.45. The quantitative estimate of drug-likeness (QED) is 0.474. The lowest BCUT2D eigenvalue weighted by molar-refractivity contribution is 0.734. The van der Waals surface area contributed by atoms with Crippen LogP contribution in [-0.2, 0) is 13.0 Å². The van der Waals surface area contributed by atoms with E-state index in [-0.39, 0.29) is 11.1 Å². The molecule has 8 heteroatoms. The zero-order valence-electron chi connectivity index (χ0n) is 15.7. The van der Waals surface area contributed by atoms with E-state index < -0.39 is 0 Å². The molecule has 0 aliphatic carbocycles. The molecular weight excluding hydrogens is 366 g/mol. The van der Waals surface area contributed by atoms with Crippen LogP contribution in [0, 0.1) is 0 Å². The Hall–Kier alpha value is -3.94. The molecule has 0 fully saturated rings. The second kappa shape index (κ2) is 6.90. The molecule has 142 valence electrons. The smallest absolute Gasteiger partial charge is 0.283 e. The van der Waals surface area contributed by atoms with Gasteiger partial charge in [0.25, 0.3) is 5.56 Å². The monoisotopic (exact) mass is 383 g/mol. The predicted octanol–water partition coefficient (Wildman–Crippen LogP) is 2.51. The van der Waals surface area contributed by atoms with E-state index >= 15 is 0 Å². The fraction of sp³-hybridized carbons (Fsp3) is 0.143. The number of benzene rings is 1. The Bertz CT molecular complexity index is 1370. The number of aryl methyl sites for hydroxylation is 1. The van der Waals surface area contributed by atoms with Crippen molar-refractivity contribution in [2.75, 3.05) is 0 Å². The molecule has 0 bridgehead atoms. The van der Waals surface area contributed by atoms with Gasteiger partial charge in [0.15, 0.2) is 16.8 Å². The highest BCUT2D eigenvalue weighted by atomic mass is 16.1. The maximum atomic E-state index is 13.0. The third kappa shape index (κ3) is 2.85. The van der Waals surface area contributed by atoms with Crippen LogP contribution >= 0.6 is 0 Å². The van der Waals surface area contributed by atoms with Crippen molar-refractivity contribution in [1.29, 1.82) is 0 Å². The van der Waals surface area contributed by atoms with Crippen LogP contribution in [0.25, 0.3) is 27.9 Å². The van der Waals surface area contributed by atoms with Crippen molar-refractivity contribution in [1.82, 2.24) is 34.3 Å². The summed E-state index contributed by atoms with van der Waals surface area (Å²) in [5, 5.41) is 13.3. The van der Waals surface area contributed by atoms with Gasteiger partial charge >= 0.3 is 0 Å². The van der Waals surface area contributed by atoms with Crippen molar-refractivity contribution in [2.24, 2.45) is 0 Å². The van der Waals surface area contributed by atoms with Gasteiger partial charge < -0.3 is 0 Å². The molecule has 0 atom stereocenters. The van der Waals surface area contributed by atoms with Gasteiger partial charge in [-0.1, -0.05) is 43.3 Å². The van der Waals surface area contributed by atoms with Crippen LogP contribution in [0.3, 0.4) is 0 Å². The number of hydrogen-bond donors (Lipinski definition) is 0. The van der Waals surface area contributed by atoms with E-state index in [1.165, 1.54) is 10.9 Å². The second-order valence-corrected chi connectivity index (χ2v) is 6.69. The number of rotatable bonds is 4. The lowest BCUT2D eigenvalue weighted by atomic mass is 10.0. The van der Waals surface area contributed by atoms with Crippen LogP contribution in [-0.4, -0.2) is 34.3 Å². The minimum absolute atomic E-state index is 0.189. The molecule has 0 unspecified atom stereocenters. The van der Waals surface area contributed by atoms with Gasteiger partial charge in [-0.25, -0.2) is 4.98 Å². The summed E-state index contributed by atoms with van der Waals surface area (Å²) in [4.78, 5) is 21.5. The van der Waals surface area contributed by atoms with Crippen molar-refractivity contribution in [3.63, 3.8) is 0 Å². The lowest BCUT2D eigenvalue weighted by Crippen LogP contribution is -2.23. The number of aromatic nitrogens is 7. The van der Waals surface area contributed by atoms with Gasteiger partial charge in [0.1, 0.15) is 6.33 Å². The molecule has 0 saturated carbocycles. The molecule has 5 rings (SSSR count). The topological polar surface area (TPSA) is 90.9 Å². The molecule has 5 aromatic rings. The molecular formula is C21H17N7O. The Balaban J connectivity index is 1.71. The van der Waals surface area contributed by atoms with E-state index in [1.54, 1.807) is 16.9 Å². The van der Waals surface area contributed by atoms with Crippen molar-refractivity contribution in [2.45, 2.75) is 19.9 Å². The molecule has 1 aromatic carbocycles. The first kappa shape index (κ1) is 17.2. The first-order chi connectivity index (χ1) is 14.3. The Morgan fingerprint density at radius 3 is 2.62 bits per heavy atom. The molecule has 0 saturated heterocycles. The normalized spacial score (nSPS) is 11.3. The van der Waals surface area contributed by atoms with Crippen LogP contribution in [0.5, 0.6) is 0 Å². The molecule has 29 heavy (non-hydrogen) atoms. The van der Waals surface area contributed by atoms with Gasteiger partial charge in [-0.3, -0.25) is 14.3 Å². The maximum Gasteiger partial charge on any atom is 0.283 e. The standard InChI is InChI=1S/C21H17N7O/c1-2-16-17(15-8-4-3-5-9-15)19-25-24-18-20(28(19)26-16)23-13-27(21(18)29)12-14-7-6-10-22-11-14/h3-11,13H,2,12H2,1H3. The largest absolute Gasteiger partial charge is 0.293 e. The minimum Gasteiger partial charge on any atom is -0.293 e. The van der Waals surface area contributed by atoms with Crippen molar-refractivity contribution in [3.05, 3.63) is 82.8 Å². The van der Waals surface area contributed by atoms with E-state index in [2.05, 4.69) is 25.3 Å². The zero-order valence-corrected chi connectivity index (χ0v) is 15.7.